The molecule has 7 heteroatoms. The summed E-state index contributed by atoms with van der Waals surface area (Å²) >= 11 is 0. The Labute approximate surface area is 194 Å². The molecule has 1 fully saturated rings. The third-order valence-corrected chi connectivity index (χ3v) is 6.40. The second kappa shape index (κ2) is 8.89. The Morgan fingerprint density at radius 1 is 1.12 bits per heavy atom. The number of amidine groups is 1. The number of rotatable bonds is 4. The van der Waals surface area contributed by atoms with E-state index in [-0.39, 0.29) is 11.9 Å². The summed E-state index contributed by atoms with van der Waals surface area (Å²) in [4.78, 5) is 11.5. The lowest BCUT2D eigenvalue weighted by Crippen LogP contribution is -2.57. The summed E-state index contributed by atoms with van der Waals surface area (Å²) in [6, 6.07) is 13.6. The van der Waals surface area contributed by atoms with E-state index >= 15 is 0 Å². The van der Waals surface area contributed by atoms with Crippen molar-refractivity contribution in [2.45, 2.75) is 38.8 Å². The first-order valence-corrected chi connectivity index (χ1v) is 11.6. The molecule has 0 N–H and O–H groups in total. The molecule has 0 saturated carbocycles. The van der Waals surface area contributed by atoms with E-state index < -0.39 is 0 Å². The molecule has 33 heavy (non-hydrogen) atoms. The van der Waals surface area contributed by atoms with Crippen LogP contribution in [0.5, 0.6) is 5.75 Å². The fourth-order valence-corrected chi connectivity index (χ4v) is 4.81. The second-order valence-corrected chi connectivity index (χ2v) is 8.93. The molecule has 0 aliphatic carbocycles. The summed E-state index contributed by atoms with van der Waals surface area (Å²) in [5.41, 5.74) is 4.33. The van der Waals surface area contributed by atoms with Gasteiger partial charge in [0.2, 0.25) is 0 Å². The number of halogens is 1. The SMILES string of the molecule is COc1cc(C=C2CCCN3C2=NCC(C)N3c2ccc(F)cc2)ccc1N1C=NC(C)C1. The largest absolute Gasteiger partial charge is 0.495 e. The van der Waals surface area contributed by atoms with Gasteiger partial charge < -0.3 is 9.64 Å². The zero-order chi connectivity index (χ0) is 22.9. The Kier molecular flexibility index (Phi) is 5.79. The van der Waals surface area contributed by atoms with Gasteiger partial charge in [-0.3, -0.25) is 20.0 Å². The molecule has 1 saturated heterocycles. The highest BCUT2D eigenvalue weighted by Crippen LogP contribution is 2.34. The monoisotopic (exact) mass is 447 g/mol. The fourth-order valence-electron chi connectivity index (χ4n) is 4.81. The van der Waals surface area contributed by atoms with Gasteiger partial charge in [-0.2, -0.15) is 0 Å². The Morgan fingerprint density at radius 3 is 2.67 bits per heavy atom. The van der Waals surface area contributed by atoms with Gasteiger partial charge in [0.05, 0.1) is 43.5 Å². The molecule has 2 aromatic rings. The first kappa shape index (κ1) is 21.5. The molecule has 0 bridgehead atoms. The Bertz CT molecular complexity index is 1110. The van der Waals surface area contributed by atoms with Gasteiger partial charge in [-0.1, -0.05) is 6.07 Å². The van der Waals surface area contributed by atoms with Crippen LogP contribution in [-0.2, 0) is 0 Å². The van der Waals surface area contributed by atoms with Crippen molar-refractivity contribution in [2.75, 3.05) is 36.7 Å². The van der Waals surface area contributed by atoms with E-state index in [9.17, 15) is 4.39 Å². The normalized spacial score (nSPS) is 23.7. The summed E-state index contributed by atoms with van der Waals surface area (Å²) in [7, 11) is 1.71. The van der Waals surface area contributed by atoms with Crippen LogP contribution in [0.2, 0.25) is 0 Å². The van der Waals surface area contributed by atoms with Crippen LogP contribution in [0.1, 0.15) is 32.3 Å². The molecule has 0 amide bonds. The van der Waals surface area contributed by atoms with E-state index in [4.69, 9.17) is 9.73 Å². The predicted octanol–water partition coefficient (Wildman–Crippen LogP) is 4.77. The number of hydrazine groups is 1. The Balaban J connectivity index is 1.44. The second-order valence-electron chi connectivity index (χ2n) is 8.93. The molecule has 6 nitrogen and oxygen atoms in total. The van der Waals surface area contributed by atoms with Crippen LogP contribution in [0.25, 0.3) is 6.08 Å². The van der Waals surface area contributed by atoms with Gasteiger partial charge in [0.15, 0.2) is 0 Å². The molecule has 3 aliphatic heterocycles. The average molecular weight is 448 g/mol. The minimum absolute atomic E-state index is 0.211. The van der Waals surface area contributed by atoms with E-state index in [0.717, 1.165) is 54.5 Å². The Morgan fingerprint density at radius 2 is 1.94 bits per heavy atom. The van der Waals surface area contributed by atoms with Crippen LogP contribution < -0.4 is 14.6 Å². The van der Waals surface area contributed by atoms with Gasteiger partial charge in [0, 0.05) is 13.1 Å². The minimum Gasteiger partial charge on any atom is -0.495 e. The minimum atomic E-state index is -0.219. The number of aliphatic imine (C=N–C) groups is 2. The molecule has 2 aromatic carbocycles. The van der Waals surface area contributed by atoms with Crippen molar-refractivity contribution in [3.63, 3.8) is 0 Å². The highest BCUT2D eigenvalue weighted by atomic mass is 19.1. The summed E-state index contributed by atoms with van der Waals surface area (Å²) in [5, 5.41) is 4.51. The van der Waals surface area contributed by atoms with Gasteiger partial charge in [0.1, 0.15) is 17.4 Å². The molecule has 5 rings (SSSR count). The molecule has 0 aromatic heterocycles. The van der Waals surface area contributed by atoms with Gasteiger partial charge >= 0.3 is 0 Å². The van der Waals surface area contributed by atoms with E-state index in [2.05, 4.69) is 58.0 Å². The van der Waals surface area contributed by atoms with Crippen molar-refractivity contribution in [1.29, 1.82) is 0 Å². The molecule has 0 radical (unpaired) electrons. The van der Waals surface area contributed by atoms with Crippen molar-refractivity contribution in [2.24, 2.45) is 9.98 Å². The number of hydrogen-bond acceptors (Lipinski definition) is 6. The zero-order valence-electron chi connectivity index (χ0n) is 19.4. The number of methoxy groups -OCH3 is 1. The maximum absolute atomic E-state index is 13.5. The van der Waals surface area contributed by atoms with Crippen molar-refractivity contribution in [3.8, 4) is 5.75 Å². The number of anilines is 2. The first-order valence-electron chi connectivity index (χ1n) is 11.6. The first-order chi connectivity index (χ1) is 16.0. The van der Waals surface area contributed by atoms with E-state index in [0.29, 0.717) is 12.6 Å². The molecule has 2 atom stereocenters. The standard InChI is InChI=1S/C26H30FN5O/c1-18-16-30(17-29-18)24-11-6-20(14-25(24)33-3)13-21-5-4-12-31-26(21)28-15-19(2)32(31)23-9-7-22(27)8-10-23/h6-11,13-14,17-19H,4-5,12,15-16H2,1-3H3. The maximum Gasteiger partial charge on any atom is 0.145 e. The molecule has 0 spiro atoms. The predicted molar refractivity (Wildman–Crippen MR) is 133 cm³/mol. The van der Waals surface area contributed by atoms with Gasteiger partial charge in [-0.05, 0) is 80.3 Å². The molecule has 3 heterocycles. The van der Waals surface area contributed by atoms with Crippen LogP contribution in [-0.4, -0.2) is 56.0 Å². The third kappa shape index (κ3) is 4.19. The summed E-state index contributed by atoms with van der Waals surface area (Å²) in [5.74, 6) is 1.63. The summed E-state index contributed by atoms with van der Waals surface area (Å²) in [6.45, 7) is 6.73. The van der Waals surface area contributed by atoms with Crippen molar-refractivity contribution in [3.05, 3.63) is 59.4 Å². The van der Waals surface area contributed by atoms with Crippen molar-refractivity contribution in [1.82, 2.24) is 5.01 Å². The number of nitrogens with zero attached hydrogens (tertiary/aromatic N) is 5. The average Bonchev–Trinajstić information content (AvgIpc) is 3.26. The lowest BCUT2D eigenvalue weighted by molar-refractivity contribution is 0.312. The van der Waals surface area contributed by atoms with Crippen LogP contribution in [0.15, 0.2) is 58.0 Å². The highest BCUT2D eigenvalue weighted by molar-refractivity contribution is 6.04. The summed E-state index contributed by atoms with van der Waals surface area (Å²) < 4.78 is 19.2. The Hall–Kier alpha value is -3.35. The maximum atomic E-state index is 13.5. The summed E-state index contributed by atoms with van der Waals surface area (Å²) in [6.07, 6.45) is 6.12. The van der Waals surface area contributed by atoms with Gasteiger partial charge in [-0.15, -0.1) is 0 Å². The topological polar surface area (TPSA) is 43.7 Å². The fraction of sp³-hybridized carbons (Fsp3) is 0.385. The van der Waals surface area contributed by atoms with Crippen LogP contribution >= 0.6 is 0 Å². The number of benzene rings is 2. The van der Waals surface area contributed by atoms with Gasteiger partial charge in [0.25, 0.3) is 0 Å². The van der Waals surface area contributed by atoms with E-state index in [1.54, 1.807) is 7.11 Å². The molecular formula is C26H30FN5O. The molecule has 172 valence electrons. The number of fused-ring (bicyclic) bond motifs is 1. The van der Waals surface area contributed by atoms with Crippen molar-refractivity contribution >= 4 is 29.6 Å². The lowest BCUT2D eigenvalue weighted by Gasteiger charge is -2.47. The van der Waals surface area contributed by atoms with Crippen LogP contribution in [0.4, 0.5) is 15.8 Å². The third-order valence-electron chi connectivity index (χ3n) is 6.40. The number of piperidine rings is 1. The number of ether oxygens (including phenoxy) is 1. The molecular weight excluding hydrogens is 417 g/mol. The highest BCUT2D eigenvalue weighted by Gasteiger charge is 2.33. The molecule has 2 unspecified atom stereocenters. The van der Waals surface area contributed by atoms with E-state index in [1.165, 1.54) is 17.7 Å². The van der Waals surface area contributed by atoms with E-state index in [1.807, 2.05) is 18.5 Å². The smallest absolute Gasteiger partial charge is 0.145 e. The molecule has 3 aliphatic rings. The van der Waals surface area contributed by atoms with Gasteiger partial charge in [-0.25, -0.2) is 4.39 Å². The number of hydrogen-bond donors (Lipinski definition) is 0. The zero-order valence-corrected chi connectivity index (χ0v) is 19.4. The van der Waals surface area contributed by atoms with Crippen LogP contribution in [0, 0.1) is 5.82 Å². The van der Waals surface area contributed by atoms with Crippen molar-refractivity contribution < 1.29 is 9.13 Å². The lowest BCUT2D eigenvalue weighted by atomic mass is 9.99. The quantitative estimate of drug-likeness (QED) is 0.677. The van der Waals surface area contributed by atoms with Crippen LogP contribution in [0.3, 0.4) is 0 Å².